The van der Waals surface area contributed by atoms with E-state index in [4.69, 9.17) is 9.47 Å². The van der Waals surface area contributed by atoms with E-state index in [2.05, 4.69) is 13.8 Å². The number of likely N-dealkylation sites (N-methyl/N-ethyl adjacent to an activating group) is 1. The van der Waals surface area contributed by atoms with Crippen LogP contribution in [0.4, 0.5) is 0 Å². The number of hydrogen-bond donors (Lipinski definition) is 1. The molecular formula is C21H37NO4. The van der Waals surface area contributed by atoms with E-state index in [0.29, 0.717) is 24.3 Å². The smallest absolute Gasteiger partial charge is 0.288 e. The fourth-order valence-corrected chi connectivity index (χ4v) is 4.33. The summed E-state index contributed by atoms with van der Waals surface area (Å²) in [4.78, 5) is 14.9. The maximum atomic E-state index is 13.1. The quantitative estimate of drug-likeness (QED) is 0.710. The maximum Gasteiger partial charge on any atom is 0.288 e. The van der Waals surface area contributed by atoms with Crippen LogP contribution in [-0.4, -0.2) is 48.5 Å². The molecule has 1 heterocycles. The molecule has 0 radical (unpaired) electrons. The summed E-state index contributed by atoms with van der Waals surface area (Å²) in [7, 11) is 1.90. The van der Waals surface area contributed by atoms with E-state index in [1.165, 1.54) is 19.3 Å². The van der Waals surface area contributed by atoms with Gasteiger partial charge in [0.15, 0.2) is 5.76 Å². The van der Waals surface area contributed by atoms with Gasteiger partial charge >= 0.3 is 0 Å². The van der Waals surface area contributed by atoms with E-state index >= 15 is 0 Å². The van der Waals surface area contributed by atoms with E-state index in [0.717, 1.165) is 25.7 Å². The topological polar surface area (TPSA) is 59.0 Å². The average Bonchev–Trinajstić information content (AvgIpc) is 2.66. The highest BCUT2D eigenvalue weighted by Crippen LogP contribution is 2.37. The number of allylic oxidation sites excluding steroid dienone is 1. The first kappa shape index (κ1) is 21.2. The van der Waals surface area contributed by atoms with E-state index < -0.39 is 6.29 Å². The fraction of sp³-hybridized carbons (Fsp3) is 0.857. The van der Waals surface area contributed by atoms with Crippen LogP contribution in [0.3, 0.4) is 0 Å². The Bertz CT molecular complexity index is 471. The van der Waals surface area contributed by atoms with Crippen LogP contribution in [0.15, 0.2) is 11.8 Å². The van der Waals surface area contributed by atoms with Crippen molar-refractivity contribution < 1.29 is 19.4 Å². The molecule has 5 nitrogen and oxygen atoms in total. The first-order valence-electron chi connectivity index (χ1n) is 10.4. The molecule has 5 heteroatoms. The summed E-state index contributed by atoms with van der Waals surface area (Å²) in [5.74, 6) is 1.18. The molecule has 26 heavy (non-hydrogen) atoms. The van der Waals surface area contributed by atoms with Gasteiger partial charge in [0.1, 0.15) is 0 Å². The van der Waals surface area contributed by atoms with Gasteiger partial charge in [0.25, 0.3) is 5.91 Å². The Labute approximate surface area is 158 Å². The summed E-state index contributed by atoms with van der Waals surface area (Å²) in [5.41, 5.74) is 0. The molecule has 0 unspecified atom stereocenters. The van der Waals surface area contributed by atoms with Gasteiger partial charge in [-0.2, -0.15) is 0 Å². The highest BCUT2D eigenvalue weighted by atomic mass is 16.7. The van der Waals surface area contributed by atoms with Crippen LogP contribution in [0, 0.1) is 17.8 Å². The van der Waals surface area contributed by atoms with Gasteiger partial charge in [-0.25, -0.2) is 0 Å². The molecule has 150 valence electrons. The Hall–Kier alpha value is -1.07. The molecular weight excluding hydrogens is 330 g/mol. The van der Waals surface area contributed by atoms with Gasteiger partial charge in [0.05, 0.1) is 0 Å². The number of ether oxygens (including phenoxy) is 2. The molecule has 1 aliphatic heterocycles. The molecule has 0 aromatic heterocycles. The molecule has 2 rings (SSSR count). The van der Waals surface area contributed by atoms with Crippen molar-refractivity contribution >= 4 is 5.91 Å². The molecule has 1 aliphatic carbocycles. The lowest BCUT2D eigenvalue weighted by Crippen LogP contribution is -2.44. The molecule has 1 fully saturated rings. The molecule has 1 N–H and O–H groups in total. The molecule has 1 saturated carbocycles. The number of carbonyl (C=O) groups is 1. The lowest BCUT2D eigenvalue weighted by molar-refractivity contribution is -0.178. The SMILES string of the molecule is CCO[C@H]1OC(C(=O)N(C)C2CCCCC2)=C[C@@H](C(C)C)[C@H]1CCCO. The minimum Gasteiger partial charge on any atom is -0.459 e. The molecule has 3 atom stereocenters. The second-order valence-corrected chi connectivity index (χ2v) is 8.03. The third-order valence-corrected chi connectivity index (χ3v) is 5.88. The second-order valence-electron chi connectivity index (χ2n) is 8.03. The Morgan fingerprint density at radius 2 is 2.04 bits per heavy atom. The summed E-state index contributed by atoms with van der Waals surface area (Å²) < 4.78 is 11.9. The van der Waals surface area contributed by atoms with Gasteiger partial charge in [0, 0.05) is 32.2 Å². The highest BCUT2D eigenvalue weighted by molar-refractivity contribution is 5.91. The molecule has 0 spiro atoms. The van der Waals surface area contributed by atoms with Gasteiger partial charge in [-0.05, 0) is 50.5 Å². The third-order valence-electron chi connectivity index (χ3n) is 5.88. The van der Waals surface area contributed by atoms with Crippen molar-refractivity contribution in [1.82, 2.24) is 4.90 Å². The summed E-state index contributed by atoms with van der Waals surface area (Å²) in [6.45, 7) is 7.01. The zero-order valence-corrected chi connectivity index (χ0v) is 16.9. The number of hydrogen-bond acceptors (Lipinski definition) is 4. The molecule has 0 aromatic rings. The molecule has 2 aliphatic rings. The first-order valence-corrected chi connectivity index (χ1v) is 10.4. The third kappa shape index (κ3) is 5.23. The van der Waals surface area contributed by atoms with Crippen molar-refractivity contribution in [3.63, 3.8) is 0 Å². The van der Waals surface area contributed by atoms with Crippen LogP contribution in [0.5, 0.6) is 0 Å². The van der Waals surface area contributed by atoms with Crippen molar-refractivity contribution in [1.29, 1.82) is 0 Å². The van der Waals surface area contributed by atoms with Crippen molar-refractivity contribution in [2.45, 2.75) is 78.0 Å². The van der Waals surface area contributed by atoms with Crippen molar-refractivity contribution in [2.75, 3.05) is 20.3 Å². The fourth-order valence-electron chi connectivity index (χ4n) is 4.33. The first-order chi connectivity index (χ1) is 12.5. The second kappa shape index (κ2) is 10.3. The zero-order valence-electron chi connectivity index (χ0n) is 16.9. The van der Waals surface area contributed by atoms with Crippen LogP contribution in [0.25, 0.3) is 0 Å². The largest absolute Gasteiger partial charge is 0.459 e. The van der Waals surface area contributed by atoms with Crippen molar-refractivity contribution in [3.8, 4) is 0 Å². The number of amides is 1. The number of aliphatic hydroxyl groups is 1. The number of nitrogens with zero attached hydrogens (tertiary/aromatic N) is 1. The van der Waals surface area contributed by atoms with E-state index in [9.17, 15) is 9.90 Å². The van der Waals surface area contributed by atoms with E-state index in [1.54, 1.807) is 0 Å². The Balaban J connectivity index is 2.18. The summed E-state index contributed by atoms with van der Waals surface area (Å²) in [6, 6.07) is 0.316. The lowest BCUT2D eigenvalue weighted by atomic mass is 9.78. The van der Waals surface area contributed by atoms with Gasteiger partial charge in [-0.1, -0.05) is 33.1 Å². The monoisotopic (exact) mass is 367 g/mol. The van der Waals surface area contributed by atoms with Crippen LogP contribution < -0.4 is 0 Å². The molecule has 0 aromatic carbocycles. The van der Waals surface area contributed by atoms with Gasteiger partial charge in [0.2, 0.25) is 6.29 Å². The van der Waals surface area contributed by atoms with E-state index in [1.807, 2.05) is 24.9 Å². The standard InChI is InChI=1S/C21H37NO4/c1-5-25-21-17(12-9-13-23)18(15(2)3)14-19(26-21)20(24)22(4)16-10-7-6-8-11-16/h14-18,21,23H,5-13H2,1-4H3/t17-,18+,21+/m1/s1. The van der Waals surface area contributed by atoms with Gasteiger partial charge in [-0.3, -0.25) is 4.79 Å². The van der Waals surface area contributed by atoms with Gasteiger partial charge in [-0.15, -0.1) is 0 Å². The van der Waals surface area contributed by atoms with Crippen LogP contribution in [0.1, 0.15) is 65.7 Å². The number of rotatable bonds is 8. The Kier molecular flexibility index (Phi) is 8.42. The lowest BCUT2D eigenvalue weighted by Gasteiger charge is -2.40. The van der Waals surface area contributed by atoms with Crippen LogP contribution in [0.2, 0.25) is 0 Å². The molecule has 1 amide bonds. The maximum absolute atomic E-state index is 13.1. The van der Waals surface area contributed by atoms with Crippen molar-refractivity contribution in [3.05, 3.63) is 11.8 Å². The van der Waals surface area contributed by atoms with E-state index in [-0.39, 0.29) is 24.3 Å². The van der Waals surface area contributed by atoms with Crippen LogP contribution in [-0.2, 0) is 14.3 Å². The Morgan fingerprint density at radius 1 is 1.35 bits per heavy atom. The minimum absolute atomic E-state index is 0.0205. The predicted octanol–water partition coefficient (Wildman–Crippen LogP) is 3.72. The van der Waals surface area contributed by atoms with Crippen LogP contribution >= 0.6 is 0 Å². The molecule has 0 saturated heterocycles. The average molecular weight is 368 g/mol. The minimum atomic E-state index is -0.414. The number of aliphatic hydroxyl groups excluding tert-OH is 1. The normalized spacial score (nSPS) is 27.2. The zero-order chi connectivity index (χ0) is 19.1. The molecule has 0 bridgehead atoms. The summed E-state index contributed by atoms with van der Waals surface area (Å²) in [6.07, 6.45) is 8.98. The predicted molar refractivity (Wildman–Crippen MR) is 102 cm³/mol. The highest BCUT2D eigenvalue weighted by Gasteiger charge is 2.39. The number of carbonyl (C=O) groups excluding carboxylic acids is 1. The summed E-state index contributed by atoms with van der Waals surface area (Å²) in [5, 5.41) is 9.24. The Morgan fingerprint density at radius 3 is 2.62 bits per heavy atom. The summed E-state index contributed by atoms with van der Waals surface area (Å²) >= 11 is 0. The van der Waals surface area contributed by atoms with Crippen molar-refractivity contribution in [2.24, 2.45) is 17.8 Å². The van der Waals surface area contributed by atoms with Gasteiger partial charge < -0.3 is 19.5 Å².